The second kappa shape index (κ2) is 6.67. The summed E-state index contributed by atoms with van der Waals surface area (Å²) in [6, 6.07) is 15.3. The van der Waals surface area contributed by atoms with E-state index in [4.69, 9.17) is 0 Å². The Morgan fingerprint density at radius 1 is 0.591 bits per heavy atom. The van der Waals surface area contributed by atoms with Crippen molar-refractivity contribution in [2.75, 3.05) is 0 Å². The molecule has 0 spiro atoms. The topological polar surface area (TPSA) is 72.8 Å². The number of nitrogens with zero attached hydrogens (tertiary/aromatic N) is 3. The van der Waals surface area contributed by atoms with Gasteiger partial charge >= 0.3 is 0 Å². The van der Waals surface area contributed by atoms with Gasteiger partial charge in [-0.05, 0) is 36.4 Å². The van der Waals surface area contributed by atoms with Crippen LogP contribution in [0.4, 0.5) is 0 Å². The normalized spacial score (nSPS) is 13.5. The molecule has 0 saturated heterocycles. The Balaban J connectivity index is 1.94. The van der Waals surface area contributed by atoms with Crippen molar-refractivity contribution < 1.29 is 8.42 Å². The molecule has 2 unspecified atom stereocenters. The Kier molecular flexibility index (Phi) is 4.45. The van der Waals surface area contributed by atoms with Gasteiger partial charge in [-0.1, -0.05) is 18.2 Å². The van der Waals surface area contributed by atoms with Crippen molar-refractivity contribution in [1.82, 2.24) is 15.0 Å². The van der Waals surface area contributed by atoms with Crippen LogP contribution in [0.2, 0.25) is 0 Å². The minimum absolute atomic E-state index is 0.320. The van der Waals surface area contributed by atoms with Crippen LogP contribution in [0.1, 0.15) is 0 Å². The fraction of sp³-hybridized carbons (Fsp3) is 0. The first-order valence-electron chi connectivity index (χ1n) is 6.38. The molecule has 7 heteroatoms. The molecule has 0 fully saturated rings. The van der Waals surface area contributed by atoms with Crippen LogP contribution in [0.5, 0.6) is 0 Å². The lowest BCUT2D eigenvalue weighted by atomic mass is 10.5. The fourth-order valence-electron chi connectivity index (χ4n) is 1.73. The largest absolute Gasteiger partial charge is 0.247 e. The number of pyridine rings is 3. The number of rotatable bonds is 4. The summed E-state index contributed by atoms with van der Waals surface area (Å²) in [5, 5.41) is 1.47. The lowest BCUT2D eigenvalue weighted by molar-refractivity contribution is 0.671. The maximum absolute atomic E-state index is 12.4. The molecule has 3 rings (SSSR count). The highest BCUT2D eigenvalue weighted by atomic mass is 32.2. The van der Waals surface area contributed by atoms with Crippen molar-refractivity contribution in [1.29, 1.82) is 0 Å². The number of aromatic nitrogens is 3. The Hall–Kier alpha value is -2.25. The van der Waals surface area contributed by atoms with E-state index in [1.807, 2.05) is 0 Å². The average Bonchev–Trinajstić information content (AvgIpc) is 2.62. The second-order valence-corrected chi connectivity index (χ2v) is 6.94. The molecule has 3 aromatic heterocycles. The molecule has 0 radical (unpaired) electrons. The van der Waals surface area contributed by atoms with Gasteiger partial charge in [-0.2, -0.15) is 0 Å². The van der Waals surface area contributed by atoms with Crippen LogP contribution in [-0.2, 0) is 21.6 Å². The maximum atomic E-state index is 12.4. The summed E-state index contributed by atoms with van der Waals surface area (Å²) in [6.07, 6.45) is 3.15. The first-order chi connectivity index (χ1) is 10.8. The molecule has 0 saturated carbocycles. The second-order valence-electron chi connectivity index (χ2n) is 4.19. The van der Waals surface area contributed by atoms with Crippen LogP contribution in [0.15, 0.2) is 87.1 Å². The molecule has 0 aliphatic rings. The standard InChI is InChI=1S/C15H11N3O2S2/c19-21(12-6-1-3-10-16-12)14-8-5-9-15(18-14)22(20)13-7-2-4-11-17-13/h1-11H. The molecule has 2 atom stereocenters. The van der Waals surface area contributed by atoms with E-state index in [1.54, 1.807) is 67.0 Å². The van der Waals surface area contributed by atoms with Crippen molar-refractivity contribution in [3.63, 3.8) is 0 Å². The van der Waals surface area contributed by atoms with Gasteiger partial charge < -0.3 is 0 Å². The summed E-state index contributed by atoms with van der Waals surface area (Å²) in [4.78, 5) is 12.4. The average molecular weight is 329 g/mol. The van der Waals surface area contributed by atoms with Crippen LogP contribution in [0, 0.1) is 0 Å². The Bertz CT molecular complexity index is 760. The Labute approximate surface area is 132 Å². The van der Waals surface area contributed by atoms with E-state index < -0.39 is 21.6 Å². The molecule has 3 aromatic rings. The van der Waals surface area contributed by atoms with Gasteiger partial charge in [0.05, 0.1) is 0 Å². The Morgan fingerprint density at radius 2 is 1.05 bits per heavy atom. The van der Waals surface area contributed by atoms with Crippen molar-refractivity contribution in [3.8, 4) is 0 Å². The van der Waals surface area contributed by atoms with E-state index in [9.17, 15) is 8.42 Å². The quantitative estimate of drug-likeness (QED) is 0.734. The van der Waals surface area contributed by atoms with Crippen molar-refractivity contribution in [2.24, 2.45) is 0 Å². The molecule has 0 aliphatic carbocycles. The van der Waals surface area contributed by atoms with E-state index >= 15 is 0 Å². The van der Waals surface area contributed by atoms with Gasteiger partial charge in [0.15, 0.2) is 0 Å². The molecule has 5 nitrogen and oxygen atoms in total. The lowest BCUT2D eigenvalue weighted by Crippen LogP contribution is -2.03. The van der Waals surface area contributed by atoms with E-state index in [1.165, 1.54) is 0 Å². The van der Waals surface area contributed by atoms with Gasteiger partial charge in [0, 0.05) is 12.4 Å². The smallest absolute Gasteiger partial charge is 0.135 e. The maximum Gasteiger partial charge on any atom is 0.135 e. The van der Waals surface area contributed by atoms with E-state index in [0.29, 0.717) is 20.1 Å². The molecular formula is C15H11N3O2S2. The summed E-state index contributed by atoms with van der Waals surface area (Å²) in [5.74, 6) is 0. The molecule has 3 heterocycles. The highest BCUT2D eigenvalue weighted by molar-refractivity contribution is 7.85. The molecule has 0 aromatic carbocycles. The summed E-state index contributed by atoms with van der Waals surface area (Å²) in [6.45, 7) is 0. The van der Waals surface area contributed by atoms with Gasteiger partial charge in [-0.25, -0.2) is 23.4 Å². The molecule has 0 bridgehead atoms. The lowest BCUT2D eigenvalue weighted by Gasteiger charge is -2.04. The molecule has 0 amide bonds. The monoisotopic (exact) mass is 329 g/mol. The van der Waals surface area contributed by atoms with E-state index in [-0.39, 0.29) is 0 Å². The van der Waals surface area contributed by atoms with Crippen molar-refractivity contribution in [3.05, 3.63) is 67.0 Å². The highest BCUT2D eigenvalue weighted by Gasteiger charge is 2.14. The predicted molar refractivity (Wildman–Crippen MR) is 82.1 cm³/mol. The van der Waals surface area contributed by atoms with Gasteiger partial charge in [-0.3, -0.25) is 0 Å². The van der Waals surface area contributed by atoms with E-state index in [2.05, 4.69) is 15.0 Å². The van der Waals surface area contributed by atoms with Crippen molar-refractivity contribution >= 4 is 21.6 Å². The van der Waals surface area contributed by atoms with Crippen LogP contribution in [-0.4, -0.2) is 23.4 Å². The predicted octanol–water partition coefficient (Wildman–Crippen LogP) is 2.21. The highest BCUT2D eigenvalue weighted by Crippen LogP contribution is 2.16. The minimum Gasteiger partial charge on any atom is -0.247 e. The zero-order valence-electron chi connectivity index (χ0n) is 11.3. The van der Waals surface area contributed by atoms with E-state index in [0.717, 1.165) is 0 Å². The SMILES string of the molecule is O=S(c1ccccn1)c1cccc(S(=O)c2ccccn2)n1. The molecule has 22 heavy (non-hydrogen) atoms. The van der Waals surface area contributed by atoms with Gasteiger partial charge in [0.25, 0.3) is 0 Å². The van der Waals surface area contributed by atoms with Crippen LogP contribution in [0.3, 0.4) is 0 Å². The third-order valence-corrected chi connectivity index (χ3v) is 5.19. The van der Waals surface area contributed by atoms with Crippen molar-refractivity contribution in [2.45, 2.75) is 20.1 Å². The van der Waals surface area contributed by atoms with Crippen LogP contribution >= 0.6 is 0 Å². The van der Waals surface area contributed by atoms with Crippen LogP contribution in [0.25, 0.3) is 0 Å². The van der Waals surface area contributed by atoms with Gasteiger partial charge in [0.2, 0.25) is 0 Å². The number of hydrogen-bond acceptors (Lipinski definition) is 5. The van der Waals surface area contributed by atoms with Gasteiger partial charge in [-0.15, -0.1) is 0 Å². The van der Waals surface area contributed by atoms with Gasteiger partial charge in [0.1, 0.15) is 41.7 Å². The summed E-state index contributed by atoms with van der Waals surface area (Å²) >= 11 is 0. The minimum atomic E-state index is -1.51. The third-order valence-electron chi connectivity index (χ3n) is 2.73. The fourth-order valence-corrected chi connectivity index (χ4v) is 3.70. The first kappa shape index (κ1) is 14.7. The zero-order chi connectivity index (χ0) is 15.4. The number of hydrogen-bond donors (Lipinski definition) is 0. The molecule has 0 N–H and O–H groups in total. The molecule has 110 valence electrons. The Morgan fingerprint density at radius 3 is 1.45 bits per heavy atom. The zero-order valence-corrected chi connectivity index (χ0v) is 13.0. The summed E-state index contributed by atoms with van der Waals surface area (Å²) < 4.78 is 24.9. The molecule has 0 aliphatic heterocycles. The molecular weight excluding hydrogens is 318 g/mol. The summed E-state index contributed by atoms with van der Waals surface area (Å²) in [7, 11) is -3.01. The first-order valence-corrected chi connectivity index (χ1v) is 8.68. The third kappa shape index (κ3) is 3.15. The van der Waals surface area contributed by atoms with Crippen LogP contribution < -0.4 is 0 Å². The summed E-state index contributed by atoms with van der Waals surface area (Å²) in [5.41, 5.74) is 0.